The number of aromatic nitrogens is 2. The second-order valence-corrected chi connectivity index (χ2v) is 4.35. The average molecular weight is 263 g/mol. The van der Waals surface area contributed by atoms with Crippen molar-refractivity contribution < 1.29 is 9.13 Å². The number of nitrogens with two attached hydrogens (primary N) is 1. The van der Waals surface area contributed by atoms with E-state index in [4.69, 9.17) is 10.5 Å². The van der Waals surface area contributed by atoms with E-state index >= 15 is 0 Å². The van der Waals surface area contributed by atoms with Crippen LogP contribution in [0.5, 0.6) is 5.75 Å². The first-order valence-electron chi connectivity index (χ1n) is 6.25. The lowest BCUT2D eigenvalue weighted by Gasteiger charge is -2.15. The van der Waals surface area contributed by atoms with Crippen LogP contribution in [-0.4, -0.2) is 16.9 Å². The molecule has 4 nitrogen and oxygen atoms in total. The fourth-order valence-corrected chi connectivity index (χ4v) is 2.13. The van der Waals surface area contributed by atoms with Crippen molar-refractivity contribution in [3.8, 4) is 5.75 Å². The van der Waals surface area contributed by atoms with Crippen LogP contribution in [0.25, 0.3) is 0 Å². The van der Waals surface area contributed by atoms with Crippen molar-refractivity contribution in [1.29, 1.82) is 0 Å². The van der Waals surface area contributed by atoms with Gasteiger partial charge in [0.15, 0.2) is 5.75 Å². The molecule has 5 heteroatoms. The number of rotatable bonds is 5. The van der Waals surface area contributed by atoms with Crippen molar-refractivity contribution >= 4 is 0 Å². The molecule has 2 rings (SSSR count). The third-order valence-corrected chi connectivity index (χ3v) is 3.08. The third kappa shape index (κ3) is 2.93. The summed E-state index contributed by atoms with van der Waals surface area (Å²) in [5.41, 5.74) is 8.08. The zero-order chi connectivity index (χ0) is 13.8. The van der Waals surface area contributed by atoms with Crippen molar-refractivity contribution in [2.45, 2.75) is 25.9 Å². The zero-order valence-electron chi connectivity index (χ0n) is 11.1. The minimum Gasteiger partial charge on any atom is -0.493 e. The quantitative estimate of drug-likeness (QED) is 0.900. The number of ether oxygens (including phenoxy) is 1. The SMILES string of the molecule is CCn1ncc(OC)c1C(N)Cc1ccc(F)cc1. The van der Waals surface area contributed by atoms with Crippen molar-refractivity contribution in [1.82, 2.24) is 9.78 Å². The summed E-state index contributed by atoms with van der Waals surface area (Å²) in [5.74, 6) is 0.449. The van der Waals surface area contributed by atoms with Crippen LogP contribution < -0.4 is 10.5 Å². The summed E-state index contributed by atoms with van der Waals surface area (Å²) in [6.45, 7) is 2.73. The molecule has 1 aromatic carbocycles. The molecular weight excluding hydrogens is 245 g/mol. The molecule has 1 heterocycles. The van der Waals surface area contributed by atoms with Crippen LogP contribution in [0.1, 0.15) is 24.2 Å². The predicted octanol–water partition coefficient (Wildman–Crippen LogP) is 2.29. The molecule has 1 aromatic heterocycles. The Morgan fingerprint density at radius 3 is 2.63 bits per heavy atom. The lowest BCUT2D eigenvalue weighted by atomic mass is 10.0. The van der Waals surface area contributed by atoms with E-state index < -0.39 is 0 Å². The minimum atomic E-state index is -0.242. The third-order valence-electron chi connectivity index (χ3n) is 3.08. The lowest BCUT2D eigenvalue weighted by molar-refractivity contribution is 0.401. The minimum absolute atomic E-state index is 0.233. The topological polar surface area (TPSA) is 53.1 Å². The Morgan fingerprint density at radius 2 is 2.05 bits per heavy atom. The number of hydrogen-bond acceptors (Lipinski definition) is 3. The highest BCUT2D eigenvalue weighted by Crippen LogP contribution is 2.25. The molecule has 19 heavy (non-hydrogen) atoms. The molecule has 0 bridgehead atoms. The van der Waals surface area contributed by atoms with Crippen LogP contribution in [0.15, 0.2) is 30.5 Å². The largest absolute Gasteiger partial charge is 0.493 e. The Hall–Kier alpha value is -1.88. The molecule has 0 aliphatic rings. The summed E-state index contributed by atoms with van der Waals surface area (Å²) in [4.78, 5) is 0. The molecule has 0 aliphatic heterocycles. The van der Waals surface area contributed by atoms with E-state index in [-0.39, 0.29) is 11.9 Å². The van der Waals surface area contributed by atoms with Crippen molar-refractivity contribution in [2.75, 3.05) is 7.11 Å². The van der Waals surface area contributed by atoms with Gasteiger partial charge in [-0.05, 0) is 31.0 Å². The van der Waals surface area contributed by atoms with Crippen LogP contribution in [-0.2, 0) is 13.0 Å². The number of methoxy groups -OCH3 is 1. The van der Waals surface area contributed by atoms with Gasteiger partial charge in [-0.2, -0.15) is 5.10 Å². The molecule has 0 aliphatic carbocycles. The molecule has 1 atom stereocenters. The Bertz CT molecular complexity index is 515. The lowest BCUT2D eigenvalue weighted by Crippen LogP contribution is -2.19. The number of nitrogens with zero attached hydrogens (tertiary/aromatic N) is 2. The first kappa shape index (κ1) is 13.5. The van der Waals surface area contributed by atoms with Crippen LogP contribution in [0.4, 0.5) is 4.39 Å². The van der Waals surface area contributed by atoms with Gasteiger partial charge in [-0.3, -0.25) is 4.68 Å². The highest BCUT2D eigenvalue weighted by Gasteiger charge is 2.18. The summed E-state index contributed by atoms with van der Waals surface area (Å²) in [7, 11) is 1.60. The second kappa shape index (κ2) is 5.84. The molecule has 0 saturated heterocycles. The number of benzene rings is 1. The highest BCUT2D eigenvalue weighted by atomic mass is 19.1. The zero-order valence-corrected chi connectivity index (χ0v) is 11.1. The molecule has 2 aromatic rings. The van der Waals surface area contributed by atoms with E-state index in [1.807, 2.05) is 11.6 Å². The van der Waals surface area contributed by atoms with Crippen molar-refractivity contribution in [3.05, 3.63) is 47.5 Å². The van der Waals surface area contributed by atoms with Crippen LogP contribution >= 0.6 is 0 Å². The standard InChI is InChI=1S/C14H18FN3O/c1-3-18-14(13(19-2)9-17-18)12(16)8-10-4-6-11(15)7-5-10/h4-7,9,12H,3,8,16H2,1-2H3. The summed E-state index contributed by atoms with van der Waals surface area (Å²) >= 11 is 0. The summed E-state index contributed by atoms with van der Waals surface area (Å²) in [5, 5.41) is 4.23. The van der Waals surface area contributed by atoms with Gasteiger partial charge >= 0.3 is 0 Å². The van der Waals surface area contributed by atoms with E-state index in [1.165, 1.54) is 12.1 Å². The fraction of sp³-hybridized carbons (Fsp3) is 0.357. The Morgan fingerprint density at radius 1 is 1.37 bits per heavy atom. The maximum absolute atomic E-state index is 12.9. The van der Waals surface area contributed by atoms with Crippen LogP contribution in [0, 0.1) is 5.82 Å². The Labute approximate surface area is 112 Å². The maximum Gasteiger partial charge on any atom is 0.161 e. The van der Waals surface area contributed by atoms with Gasteiger partial charge in [0.05, 0.1) is 25.0 Å². The van der Waals surface area contributed by atoms with E-state index in [0.717, 1.165) is 17.8 Å². The molecule has 1 unspecified atom stereocenters. The van der Waals surface area contributed by atoms with E-state index in [2.05, 4.69) is 5.10 Å². The predicted molar refractivity (Wildman–Crippen MR) is 71.5 cm³/mol. The first-order chi connectivity index (χ1) is 9.15. The fourth-order valence-electron chi connectivity index (χ4n) is 2.13. The monoisotopic (exact) mass is 263 g/mol. The molecule has 2 N–H and O–H groups in total. The Kier molecular flexibility index (Phi) is 4.16. The van der Waals surface area contributed by atoms with Gasteiger partial charge in [0.1, 0.15) is 5.82 Å². The second-order valence-electron chi connectivity index (χ2n) is 4.35. The van der Waals surface area contributed by atoms with Gasteiger partial charge in [0.25, 0.3) is 0 Å². The average Bonchev–Trinajstić information content (AvgIpc) is 2.84. The molecule has 0 saturated carbocycles. The first-order valence-corrected chi connectivity index (χ1v) is 6.25. The van der Waals surface area contributed by atoms with E-state index in [9.17, 15) is 4.39 Å². The van der Waals surface area contributed by atoms with Gasteiger partial charge in [0.2, 0.25) is 0 Å². The van der Waals surface area contributed by atoms with Gasteiger partial charge in [-0.1, -0.05) is 12.1 Å². The summed E-state index contributed by atoms with van der Waals surface area (Å²) in [6, 6.07) is 6.14. The van der Waals surface area contributed by atoms with Gasteiger partial charge in [-0.15, -0.1) is 0 Å². The van der Waals surface area contributed by atoms with E-state index in [0.29, 0.717) is 12.2 Å². The molecule has 0 fully saturated rings. The molecule has 0 amide bonds. The molecule has 0 spiro atoms. The smallest absolute Gasteiger partial charge is 0.161 e. The van der Waals surface area contributed by atoms with Gasteiger partial charge in [-0.25, -0.2) is 4.39 Å². The van der Waals surface area contributed by atoms with Gasteiger partial charge < -0.3 is 10.5 Å². The number of halogens is 1. The van der Waals surface area contributed by atoms with Crippen LogP contribution in [0.3, 0.4) is 0 Å². The number of aryl methyl sites for hydroxylation is 1. The molecule has 0 radical (unpaired) electrons. The van der Waals surface area contributed by atoms with E-state index in [1.54, 1.807) is 25.4 Å². The summed E-state index contributed by atoms with van der Waals surface area (Å²) in [6.07, 6.45) is 2.28. The van der Waals surface area contributed by atoms with Crippen molar-refractivity contribution in [3.63, 3.8) is 0 Å². The number of hydrogen-bond donors (Lipinski definition) is 1. The molecule has 102 valence electrons. The van der Waals surface area contributed by atoms with Gasteiger partial charge in [0, 0.05) is 6.54 Å². The van der Waals surface area contributed by atoms with Crippen LogP contribution in [0.2, 0.25) is 0 Å². The normalized spacial score (nSPS) is 12.4. The van der Waals surface area contributed by atoms with Crippen molar-refractivity contribution in [2.24, 2.45) is 5.73 Å². The summed E-state index contributed by atoms with van der Waals surface area (Å²) < 4.78 is 20.0. The maximum atomic E-state index is 12.9. The molecular formula is C14H18FN3O. The highest BCUT2D eigenvalue weighted by molar-refractivity contribution is 5.30. The Balaban J connectivity index is 2.21.